The zero-order valence-corrected chi connectivity index (χ0v) is 15.6. The number of amides is 1. The van der Waals surface area contributed by atoms with E-state index in [1.807, 2.05) is 36.4 Å². The molecule has 144 valence electrons. The zero-order chi connectivity index (χ0) is 18.7. The average Bonchev–Trinajstić information content (AvgIpc) is 2.73. The molecule has 1 aliphatic rings. The van der Waals surface area contributed by atoms with Crippen LogP contribution in [0.4, 0.5) is 5.95 Å². The van der Waals surface area contributed by atoms with Crippen molar-refractivity contribution in [2.75, 3.05) is 50.8 Å². The molecular formula is C20H27N5O2. The van der Waals surface area contributed by atoms with Crippen LogP contribution in [0.1, 0.15) is 12.0 Å². The third-order valence-corrected chi connectivity index (χ3v) is 4.53. The van der Waals surface area contributed by atoms with Crippen LogP contribution in [0, 0.1) is 0 Å². The van der Waals surface area contributed by atoms with E-state index in [2.05, 4.69) is 25.1 Å². The van der Waals surface area contributed by atoms with E-state index in [0.29, 0.717) is 13.2 Å². The van der Waals surface area contributed by atoms with Crippen LogP contribution in [0.2, 0.25) is 0 Å². The Bertz CT molecular complexity index is 675. The molecule has 1 saturated heterocycles. The van der Waals surface area contributed by atoms with Gasteiger partial charge in [-0.05, 0) is 24.6 Å². The highest BCUT2D eigenvalue weighted by Gasteiger charge is 2.18. The van der Waals surface area contributed by atoms with Gasteiger partial charge in [0.15, 0.2) is 0 Å². The van der Waals surface area contributed by atoms with Crippen LogP contribution in [0.15, 0.2) is 48.8 Å². The number of aromatic nitrogens is 2. The van der Waals surface area contributed by atoms with E-state index in [4.69, 9.17) is 4.74 Å². The Labute approximate surface area is 160 Å². The summed E-state index contributed by atoms with van der Waals surface area (Å²) in [6.07, 6.45) is 4.49. The number of carbonyl (C=O) groups excluding carboxylic acids is 1. The number of carbonyl (C=O) groups is 1. The maximum absolute atomic E-state index is 11.8. The van der Waals surface area contributed by atoms with E-state index in [0.717, 1.165) is 50.7 Å². The topological polar surface area (TPSA) is 70.6 Å². The second-order valence-electron chi connectivity index (χ2n) is 6.56. The number of hydrogen-bond acceptors (Lipinski definition) is 6. The van der Waals surface area contributed by atoms with Crippen molar-refractivity contribution < 1.29 is 9.53 Å². The molecular weight excluding hydrogens is 342 g/mol. The molecule has 7 nitrogen and oxygen atoms in total. The van der Waals surface area contributed by atoms with E-state index in [1.54, 1.807) is 12.4 Å². The standard InChI is InChI=1S/C20H27N5O2/c26-19(17-27-16-18-6-2-1-3-7-18)21-10-5-11-24-12-14-25(15-13-24)20-22-8-4-9-23-20/h1-4,6-9H,5,10-17H2,(H,21,26). The van der Waals surface area contributed by atoms with Gasteiger partial charge in [0.05, 0.1) is 6.61 Å². The van der Waals surface area contributed by atoms with Crippen molar-refractivity contribution in [3.63, 3.8) is 0 Å². The fraction of sp³-hybridized carbons (Fsp3) is 0.450. The summed E-state index contributed by atoms with van der Waals surface area (Å²) in [7, 11) is 0. The molecule has 1 aromatic heterocycles. The molecule has 2 heterocycles. The third kappa shape index (κ3) is 6.62. The molecule has 1 N–H and O–H groups in total. The number of rotatable bonds is 9. The molecule has 0 aliphatic carbocycles. The summed E-state index contributed by atoms with van der Waals surface area (Å²) in [5.74, 6) is 0.747. The first-order valence-electron chi connectivity index (χ1n) is 9.44. The fourth-order valence-corrected chi connectivity index (χ4v) is 3.04. The minimum absolute atomic E-state index is 0.0584. The van der Waals surface area contributed by atoms with E-state index >= 15 is 0 Å². The lowest BCUT2D eigenvalue weighted by Crippen LogP contribution is -2.47. The highest BCUT2D eigenvalue weighted by Crippen LogP contribution is 2.09. The first-order chi connectivity index (χ1) is 13.3. The summed E-state index contributed by atoms with van der Waals surface area (Å²) >= 11 is 0. The lowest BCUT2D eigenvalue weighted by molar-refractivity contribution is -0.126. The minimum Gasteiger partial charge on any atom is -0.367 e. The lowest BCUT2D eigenvalue weighted by Gasteiger charge is -2.34. The van der Waals surface area contributed by atoms with Crippen molar-refractivity contribution in [3.05, 3.63) is 54.4 Å². The van der Waals surface area contributed by atoms with Crippen LogP contribution in [-0.4, -0.2) is 66.7 Å². The Kier molecular flexibility index (Phi) is 7.56. The zero-order valence-electron chi connectivity index (χ0n) is 15.6. The van der Waals surface area contributed by atoms with Gasteiger partial charge in [0.1, 0.15) is 6.61 Å². The van der Waals surface area contributed by atoms with Crippen LogP contribution < -0.4 is 10.2 Å². The maximum atomic E-state index is 11.8. The second kappa shape index (κ2) is 10.6. The number of nitrogens with zero attached hydrogens (tertiary/aromatic N) is 4. The van der Waals surface area contributed by atoms with E-state index in [9.17, 15) is 4.79 Å². The Morgan fingerprint density at radius 3 is 2.52 bits per heavy atom. The summed E-state index contributed by atoms with van der Waals surface area (Å²) in [6.45, 7) is 6.07. The summed E-state index contributed by atoms with van der Waals surface area (Å²) in [4.78, 5) is 25.0. The summed E-state index contributed by atoms with van der Waals surface area (Å²) in [5, 5.41) is 2.92. The normalized spacial score (nSPS) is 14.9. The average molecular weight is 369 g/mol. The van der Waals surface area contributed by atoms with Crippen LogP contribution >= 0.6 is 0 Å². The number of benzene rings is 1. The molecule has 0 atom stereocenters. The maximum Gasteiger partial charge on any atom is 0.246 e. The van der Waals surface area contributed by atoms with Gasteiger partial charge in [-0.25, -0.2) is 9.97 Å². The van der Waals surface area contributed by atoms with Crippen LogP contribution in [0.25, 0.3) is 0 Å². The predicted octanol–water partition coefficient (Wildman–Crippen LogP) is 1.32. The fourth-order valence-electron chi connectivity index (χ4n) is 3.04. The van der Waals surface area contributed by atoms with E-state index in [1.165, 1.54) is 0 Å². The molecule has 1 fully saturated rings. The first kappa shape index (κ1) is 19.3. The summed E-state index contributed by atoms with van der Waals surface area (Å²) < 4.78 is 5.44. The monoisotopic (exact) mass is 369 g/mol. The van der Waals surface area contributed by atoms with Crippen LogP contribution in [-0.2, 0) is 16.1 Å². The molecule has 1 aromatic carbocycles. The first-order valence-corrected chi connectivity index (χ1v) is 9.44. The van der Waals surface area contributed by atoms with Gasteiger partial charge in [-0.3, -0.25) is 9.69 Å². The number of piperazine rings is 1. The van der Waals surface area contributed by atoms with Crippen molar-refractivity contribution in [1.29, 1.82) is 0 Å². The van der Waals surface area contributed by atoms with Crippen LogP contribution in [0.5, 0.6) is 0 Å². The molecule has 1 aliphatic heterocycles. The minimum atomic E-state index is -0.0584. The van der Waals surface area contributed by atoms with Gasteiger partial charge in [-0.1, -0.05) is 30.3 Å². The molecule has 1 amide bonds. The van der Waals surface area contributed by atoms with Crippen molar-refractivity contribution in [3.8, 4) is 0 Å². The Balaban J connectivity index is 1.23. The van der Waals surface area contributed by atoms with E-state index in [-0.39, 0.29) is 12.5 Å². The smallest absolute Gasteiger partial charge is 0.246 e. The number of nitrogens with one attached hydrogen (secondary N) is 1. The molecule has 0 spiro atoms. The Hall–Kier alpha value is -2.51. The van der Waals surface area contributed by atoms with Gasteiger partial charge in [0, 0.05) is 45.1 Å². The second-order valence-corrected chi connectivity index (χ2v) is 6.56. The summed E-state index contributed by atoms with van der Waals surface area (Å²) in [5.41, 5.74) is 1.07. The SMILES string of the molecule is O=C(COCc1ccccc1)NCCCN1CCN(c2ncccn2)CC1. The number of anilines is 1. The van der Waals surface area contributed by atoms with Crippen molar-refractivity contribution in [2.24, 2.45) is 0 Å². The van der Waals surface area contributed by atoms with Gasteiger partial charge in [0.2, 0.25) is 11.9 Å². The van der Waals surface area contributed by atoms with Gasteiger partial charge >= 0.3 is 0 Å². The number of hydrogen-bond donors (Lipinski definition) is 1. The lowest BCUT2D eigenvalue weighted by atomic mass is 10.2. The number of ether oxygens (including phenoxy) is 1. The van der Waals surface area contributed by atoms with Gasteiger partial charge in [-0.15, -0.1) is 0 Å². The Morgan fingerprint density at radius 2 is 1.78 bits per heavy atom. The molecule has 3 rings (SSSR count). The quantitative estimate of drug-likeness (QED) is 0.673. The van der Waals surface area contributed by atoms with Crippen molar-refractivity contribution in [1.82, 2.24) is 20.2 Å². The van der Waals surface area contributed by atoms with Gasteiger partial charge in [-0.2, -0.15) is 0 Å². The predicted molar refractivity (Wildman–Crippen MR) is 104 cm³/mol. The third-order valence-electron chi connectivity index (χ3n) is 4.53. The van der Waals surface area contributed by atoms with Gasteiger partial charge in [0.25, 0.3) is 0 Å². The molecule has 7 heteroatoms. The van der Waals surface area contributed by atoms with Gasteiger partial charge < -0.3 is 15.0 Å². The molecule has 0 radical (unpaired) electrons. The molecule has 0 bridgehead atoms. The highest BCUT2D eigenvalue weighted by molar-refractivity contribution is 5.77. The molecule has 27 heavy (non-hydrogen) atoms. The molecule has 0 saturated carbocycles. The highest BCUT2D eigenvalue weighted by atomic mass is 16.5. The molecule has 0 unspecified atom stereocenters. The molecule has 2 aromatic rings. The van der Waals surface area contributed by atoms with Crippen LogP contribution in [0.3, 0.4) is 0 Å². The van der Waals surface area contributed by atoms with E-state index < -0.39 is 0 Å². The van der Waals surface area contributed by atoms with Crippen molar-refractivity contribution in [2.45, 2.75) is 13.0 Å². The Morgan fingerprint density at radius 1 is 1.04 bits per heavy atom. The summed E-state index contributed by atoms with van der Waals surface area (Å²) in [6, 6.07) is 11.7. The van der Waals surface area contributed by atoms with Crippen molar-refractivity contribution >= 4 is 11.9 Å². The largest absolute Gasteiger partial charge is 0.367 e.